The van der Waals surface area contributed by atoms with Gasteiger partial charge in [0.1, 0.15) is 11.9 Å². The number of piperazine rings is 1. The van der Waals surface area contributed by atoms with E-state index in [1.54, 1.807) is 13.1 Å². The number of aromatic nitrogens is 2. The van der Waals surface area contributed by atoms with Crippen molar-refractivity contribution in [2.24, 2.45) is 0 Å². The highest BCUT2D eigenvalue weighted by molar-refractivity contribution is 5.43. The van der Waals surface area contributed by atoms with E-state index in [9.17, 15) is 5.11 Å². The zero-order valence-electron chi connectivity index (χ0n) is 11.7. The minimum Gasteiger partial charge on any atom is -0.385 e. The predicted octanol–water partition coefficient (Wildman–Crippen LogP) is 1.20. The van der Waals surface area contributed by atoms with E-state index in [4.69, 9.17) is 0 Å². The standard InChI is InChI=1S/C14H22N4O/c1-3-17-8-11-4-5-12(9-17)18(11)13-6-7-15-14(16-13)10(2)19/h6-7,10-12,19H,3-5,8-9H2,1-2H3. The highest BCUT2D eigenvalue weighted by Crippen LogP contribution is 2.33. The van der Waals surface area contributed by atoms with Crippen molar-refractivity contribution < 1.29 is 5.11 Å². The zero-order chi connectivity index (χ0) is 13.4. The Bertz CT molecular complexity index is 437. The van der Waals surface area contributed by atoms with Crippen molar-refractivity contribution in [3.63, 3.8) is 0 Å². The summed E-state index contributed by atoms with van der Waals surface area (Å²) in [4.78, 5) is 13.6. The first kappa shape index (κ1) is 12.8. The first-order valence-electron chi connectivity index (χ1n) is 7.20. The lowest BCUT2D eigenvalue weighted by atomic mass is 10.2. The van der Waals surface area contributed by atoms with Crippen LogP contribution in [0.25, 0.3) is 0 Å². The highest BCUT2D eigenvalue weighted by atomic mass is 16.3. The Kier molecular flexibility index (Phi) is 3.41. The first-order valence-corrected chi connectivity index (χ1v) is 7.20. The van der Waals surface area contributed by atoms with E-state index in [1.807, 2.05) is 6.07 Å². The summed E-state index contributed by atoms with van der Waals surface area (Å²) < 4.78 is 0. The Balaban J connectivity index is 1.85. The molecule has 3 heterocycles. The van der Waals surface area contributed by atoms with Crippen LogP contribution in [-0.4, -0.2) is 51.7 Å². The normalized spacial score (nSPS) is 28.7. The van der Waals surface area contributed by atoms with Gasteiger partial charge in [0, 0.05) is 31.4 Å². The minimum absolute atomic E-state index is 0.523. The van der Waals surface area contributed by atoms with Crippen molar-refractivity contribution in [2.75, 3.05) is 24.5 Å². The first-order chi connectivity index (χ1) is 9.19. The molecule has 0 spiro atoms. The van der Waals surface area contributed by atoms with Crippen LogP contribution in [-0.2, 0) is 0 Å². The number of likely N-dealkylation sites (N-methyl/N-ethyl adjacent to an activating group) is 1. The van der Waals surface area contributed by atoms with Crippen LogP contribution in [0.15, 0.2) is 12.3 Å². The van der Waals surface area contributed by atoms with E-state index in [0.717, 1.165) is 25.5 Å². The SMILES string of the molecule is CCN1CC2CCC(C1)N2c1ccnc(C(C)O)n1. The summed E-state index contributed by atoms with van der Waals surface area (Å²) >= 11 is 0. The molecule has 2 bridgehead atoms. The van der Waals surface area contributed by atoms with Crippen LogP contribution < -0.4 is 4.90 Å². The molecule has 3 atom stereocenters. The number of nitrogens with zero attached hydrogens (tertiary/aromatic N) is 4. The fraction of sp³-hybridized carbons (Fsp3) is 0.714. The summed E-state index contributed by atoms with van der Waals surface area (Å²) in [6.45, 7) is 7.32. The molecule has 3 rings (SSSR count). The maximum Gasteiger partial charge on any atom is 0.158 e. The quantitative estimate of drug-likeness (QED) is 0.887. The molecule has 5 nitrogen and oxygen atoms in total. The Morgan fingerprint density at radius 2 is 2.05 bits per heavy atom. The van der Waals surface area contributed by atoms with Crippen molar-refractivity contribution in [3.8, 4) is 0 Å². The molecule has 2 aliphatic heterocycles. The lowest BCUT2D eigenvalue weighted by Crippen LogP contribution is -2.54. The largest absolute Gasteiger partial charge is 0.385 e. The summed E-state index contributed by atoms with van der Waals surface area (Å²) in [6, 6.07) is 3.10. The van der Waals surface area contributed by atoms with Gasteiger partial charge in [0.25, 0.3) is 0 Å². The smallest absolute Gasteiger partial charge is 0.158 e. The number of rotatable bonds is 3. The van der Waals surface area contributed by atoms with Crippen LogP contribution in [0.1, 0.15) is 38.6 Å². The van der Waals surface area contributed by atoms with Crippen molar-refractivity contribution in [1.29, 1.82) is 0 Å². The Morgan fingerprint density at radius 3 is 2.63 bits per heavy atom. The molecule has 0 aromatic carbocycles. The molecule has 3 unspecified atom stereocenters. The molecule has 104 valence electrons. The zero-order valence-corrected chi connectivity index (χ0v) is 11.7. The van der Waals surface area contributed by atoms with Gasteiger partial charge in [-0.25, -0.2) is 9.97 Å². The molecule has 19 heavy (non-hydrogen) atoms. The number of hydrogen-bond acceptors (Lipinski definition) is 5. The molecule has 0 radical (unpaired) electrons. The summed E-state index contributed by atoms with van der Waals surface area (Å²) in [5.74, 6) is 1.50. The second-order valence-electron chi connectivity index (χ2n) is 5.59. The monoisotopic (exact) mass is 262 g/mol. The minimum atomic E-state index is -0.602. The maximum absolute atomic E-state index is 9.62. The van der Waals surface area contributed by atoms with Crippen LogP contribution in [0, 0.1) is 0 Å². The third kappa shape index (κ3) is 2.32. The molecule has 1 aromatic heterocycles. The molecule has 1 N–H and O–H groups in total. The second kappa shape index (κ2) is 5.06. The van der Waals surface area contributed by atoms with E-state index < -0.39 is 6.10 Å². The predicted molar refractivity (Wildman–Crippen MR) is 74.1 cm³/mol. The number of anilines is 1. The Morgan fingerprint density at radius 1 is 1.37 bits per heavy atom. The second-order valence-corrected chi connectivity index (χ2v) is 5.59. The number of hydrogen-bond donors (Lipinski definition) is 1. The molecule has 2 fully saturated rings. The maximum atomic E-state index is 9.62. The van der Waals surface area contributed by atoms with Crippen molar-refractivity contribution in [1.82, 2.24) is 14.9 Å². The molecule has 2 saturated heterocycles. The third-order valence-corrected chi connectivity index (χ3v) is 4.30. The fourth-order valence-electron chi connectivity index (χ4n) is 3.33. The highest BCUT2D eigenvalue weighted by Gasteiger charge is 2.40. The van der Waals surface area contributed by atoms with Gasteiger partial charge >= 0.3 is 0 Å². The van der Waals surface area contributed by atoms with Gasteiger partial charge in [0.05, 0.1) is 0 Å². The summed E-state index contributed by atoms with van der Waals surface area (Å²) in [7, 11) is 0. The van der Waals surface area contributed by atoms with Gasteiger partial charge < -0.3 is 10.0 Å². The lowest BCUT2D eigenvalue weighted by Gasteiger charge is -2.41. The number of aliphatic hydroxyl groups is 1. The molecule has 0 aliphatic carbocycles. The molecule has 2 aliphatic rings. The van der Waals surface area contributed by atoms with Gasteiger partial charge in [-0.1, -0.05) is 6.92 Å². The van der Waals surface area contributed by atoms with E-state index in [-0.39, 0.29) is 0 Å². The molecule has 0 amide bonds. The van der Waals surface area contributed by atoms with Crippen LogP contribution in [0.2, 0.25) is 0 Å². The average Bonchev–Trinajstić information content (AvgIpc) is 2.69. The number of likely N-dealkylation sites (tertiary alicyclic amines) is 1. The van der Waals surface area contributed by atoms with Gasteiger partial charge in [-0.15, -0.1) is 0 Å². The lowest BCUT2D eigenvalue weighted by molar-refractivity contribution is 0.188. The molecular weight excluding hydrogens is 240 g/mol. The van der Waals surface area contributed by atoms with E-state index in [2.05, 4.69) is 26.7 Å². The van der Waals surface area contributed by atoms with Gasteiger partial charge in [-0.3, -0.25) is 4.90 Å². The average molecular weight is 262 g/mol. The summed E-state index contributed by atoms with van der Waals surface area (Å²) in [6.07, 6.45) is 3.65. The van der Waals surface area contributed by atoms with Crippen LogP contribution in [0.3, 0.4) is 0 Å². The van der Waals surface area contributed by atoms with Crippen molar-refractivity contribution >= 4 is 5.82 Å². The summed E-state index contributed by atoms with van der Waals surface area (Å²) in [5.41, 5.74) is 0. The Hall–Kier alpha value is -1.20. The number of fused-ring (bicyclic) bond motifs is 2. The summed E-state index contributed by atoms with van der Waals surface area (Å²) in [5, 5.41) is 9.62. The van der Waals surface area contributed by atoms with Crippen LogP contribution >= 0.6 is 0 Å². The molecule has 5 heteroatoms. The fourth-order valence-corrected chi connectivity index (χ4v) is 3.33. The van der Waals surface area contributed by atoms with Crippen molar-refractivity contribution in [3.05, 3.63) is 18.1 Å². The third-order valence-electron chi connectivity index (χ3n) is 4.30. The molecule has 1 aromatic rings. The van der Waals surface area contributed by atoms with Crippen LogP contribution in [0.5, 0.6) is 0 Å². The van der Waals surface area contributed by atoms with Gasteiger partial charge in [0.15, 0.2) is 5.82 Å². The van der Waals surface area contributed by atoms with E-state index >= 15 is 0 Å². The van der Waals surface area contributed by atoms with Crippen molar-refractivity contribution in [2.45, 2.75) is 44.9 Å². The number of aliphatic hydroxyl groups excluding tert-OH is 1. The topological polar surface area (TPSA) is 52.5 Å². The van der Waals surface area contributed by atoms with Crippen LogP contribution in [0.4, 0.5) is 5.82 Å². The van der Waals surface area contributed by atoms with Gasteiger partial charge in [-0.05, 0) is 32.4 Å². The van der Waals surface area contributed by atoms with Gasteiger partial charge in [-0.2, -0.15) is 0 Å². The Labute approximate surface area is 114 Å². The van der Waals surface area contributed by atoms with E-state index in [0.29, 0.717) is 17.9 Å². The van der Waals surface area contributed by atoms with E-state index in [1.165, 1.54) is 12.8 Å². The van der Waals surface area contributed by atoms with Gasteiger partial charge in [0.2, 0.25) is 0 Å². The molecule has 0 saturated carbocycles. The molecular formula is C14H22N4O.